The van der Waals surface area contributed by atoms with E-state index in [9.17, 15) is 18.8 Å². The quantitative estimate of drug-likeness (QED) is 0.262. The molecular weight excluding hydrogens is 543 g/mol. The molecule has 214 valence electrons. The number of hydrogen-bond donors (Lipinski definition) is 1. The summed E-state index contributed by atoms with van der Waals surface area (Å²) in [6.45, 7) is 5.57. The predicted molar refractivity (Wildman–Crippen MR) is 158 cm³/mol. The van der Waals surface area contributed by atoms with Crippen LogP contribution in [0.15, 0.2) is 47.4 Å². The summed E-state index contributed by atoms with van der Waals surface area (Å²) in [6.07, 6.45) is 4.52. The molecule has 1 aliphatic rings. The molecule has 1 N–H and O–H groups in total. The summed E-state index contributed by atoms with van der Waals surface area (Å²) in [7, 11) is 3.09. The van der Waals surface area contributed by atoms with Crippen molar-refractivity contribution < 1.29 is 23.5 Å². The summed E-state index contributed by atoms with van der Waals surface area (Å²) in [5.41, 5.74) is 3.82. The lowest BCUT2D eigenvalue weighted by molar-refractivity contribution is -0.146. The molecule has 0 saturated heterocycles. The largest absolute Gasteiger partial charge is 0.469 e. The third kappa shape index (κ3) is 5.91. The molecule has 5 rings (SSSR count). The number of halogens is 1. The number of hydrogen-bond acceptors (Lipinski definition) is 6. The Hall–Kier alpha value is -3.98. The van der Waals surface area contributed by atoms with Gasteiger partial charge in [0.25, 0.3) is 11.5 Å². The van der Waals surface area contributed by atoms with E-state index in [4.69, 9.17) is 9.47 Å². The van der Waals surface area contributed by atoms with E-state index in [1.165, 1.54) is 35.1 Å². The first-order valence-corrected chi connectivity index (χ1v) is 14.4. The highest BCUT2D eigenvalue weighted by molar-refractivity contribution is 7.21. The Bertz CT molecular complexity index is 1690. The molecule has 1 saturated carbocycles. The number of thiophene rings is 1. The van der Waals surface area contributed by atoms with Crippen molar-refractivity contribution in [2.75, 3.05) is 7.11 Å². The number of fused-ring (bicyclic) bond motifs is 1. The molecule has 0 aliphatic heterocycles. The van der Waals surface area contributed by atoms with E-state index in [1.54, 1.807) is 19.3 Å². The minimum atomic E-state index is -0.309. The first-order valence-electron chi connectivity index (χ1n) is 13.6. The second-order valence-corrected chi connectivity index (χ2v) is 11.9. The van der Waals surface area contributed by atoms with Crippen LogP contribution in [0.1, 0.15) is 52.0 Å². The first kappa shape index (κ1) is 28.5. The topological polar surface area (TPSA) is 86.6 Å². The van der Waals surface area contributed by atoms with Gasteiger partial charge in [0.15, 0.2) is 0 Å². The maximum atomic E-state index is 13.8. The maximum Gasteiger partial charge on any atom is 0.308 e. The molecule has 0 unspecified atom stereocenters. The zero-order chi connectivity index (χ0) is 29.4. The Morgan fingerprint density at radius 3 is 2.34 bits per heavy atom. The number of methoxy groups -OCH3 is 1. The fourth-order valence-electron chi connectivity index (χ4n) is 5.60. The minimum absolute atomic E-state index is 0.0363. The molecule has 41 heavy (non-hydrogen) atoms. The van der Waals surface area contributed by atoms with Crippen molar-refractivity contribution in [3.8, 4) is 22.6 Å². The third-order valence-corrected chi connectivity index (χ3v) is 8.84. The second-order valence-electron chi connectivity index (χ2n) is 10.9. The zero-order valence-corrected chi connectivity index (χ0v) is 24.6. The lowest BCUT2D eigenvalue weighted by atomic mass is 9.86. The van der Waals surface area contributed by atoms with Crippen LogP contribution in [0.25, 0.3) is 21.2 Å². The van der Waals surface area contributed by atoms with Crippen LogP contribution in [0.4, 0.5) is 4.39 Å². The van der Waals surface area contributed by atoms with E-state index in [1.807, 2.05) is 39.0 Å². The van der Waals surface area contributed by atoms with Gasteiger partial charge in [0.2, 0.25) is 0 Å². The first-order chi connectivity index (χ1) is 19.5. The van der Waals surface area contributed by atoms with Gasteiger partial charge in [0.05, 0.1) is 23.3 Å². The van der Waals surface area contributed by atoms with Gasteiger partial charge in [-0.1, -0.05) is 6.07 Å². The smallest absolute Gasteiger partial charge is 0.308 e. The van der Waals surface area contributed by atoms with Crippen molar-refractivity contribution in [2.45, 2.75) is 52.5 Å². The van der Waals surface area contributed by atoms with E-state index in [0.717, 1.165) is 21.4 Å². The summed E-state index contributed by atoms with van der Waals surface area (Å²) in [5.74, 6) is 0.339. The standard InChI is InChI=1S/C32H33FN2O5S/c1-17-10-21(14-24(11-17)40-28-18(2)12-22(33)13-19(28)3)26-16-35(4)31(37)25-15-27(41-29(25)26)30(36)34-23-8-6-20(7-9-23)32(38)39-5/h10-16,20,23H,6-9H2,1-5H3,(H,34,36). The molecule has 1 aliphatic carbocycles. The fourth-order valence-corrected chi connectivity index (χ4v) is 6.69. The summed E-state index contributed by atoms with van der Waals surface area (Å²) in [6, 6.07) is 10.3. The highest BCUT2D eigenvalue weighted by Gasteiger charge is 2.28. The zero-order valence-electron chi connectivity index (χ0n) is 23.8. The van der Waals surface area contributed by atoms with Crippen molar-refractivity contribution >= 4 is 33.3 Å². The molecule has 0 bridgehead atoms. The van der Waals surface area contributed by atoms with E-state index < -0.39 is 0 Å². The number of ether oxygens (including phenoxy) is 2. The van der Waals surface area contributed by atoms with Gasteiger partial charge in [0, 0.05) is 29.5 Å². The summed E-state index contributed by atoms with van der Waals surface area (Å²) < 4.78 is 27.2. The van der Waals surface area contributed by atoms with Crippen molar-refractivity contribution in [3.63, 3.8) is 0 Å². The molecular formula is C32H33FN2O5S. The molecule has 1 amide bonds. The number of carbonyl (C=O) groups is 2. The molecule has 9 heteroatoms. The number of aromatic nitrogens is 1. The monoisotopic (exact) mass is 576 g/mol. The fraction of sp³-hybridized carbons (Fsp3) is 0.344. The summed E-state index contributed by atoms with van der Waals surface area (Å²) in [4.78, 5) is 38.6. The number of carbonyl (C=O) groups excluding carboxylic acids is 2. The van der Waals surface area contributed by atoms with Gasteiger partial charge in [-0.25, -0.2) is 4.39 Å². The molecule has 7 nitrogen and oxygen atoms in total. The van der Waals surface area contributed by atoms with Crippen LogP contribution in [0.2, 0.25) is 0 Å². The Balaban J connectivity index is 1.46. The van der Waals surface area contributed by atoms with Crippen molar-refractivity contribution in [1.82, 2.24) is 9.88 Å². The van der Waals surface area contributed by atoms with Crippen LogP contribution in [-0.4, -0.2) is 29.6 Å². The second kappa shape index (κ2) is 11.5. The van der Waals surface area contributed by atoms with Crippen LogP contribution in [0, 0.1) is 32.5 Å². The number of nitrogens with one attached hydrogen (secondary N) is 1. The molecule has 4 aromatic rings. The van der Waals surface area contributed by atoms with E-state index in [0.29, 0.717) is 58.6 Å². The minimum Gasteiger partial charge on any atom is -0.469 e. The molecule has 0 atom stereocenters. The van der Waals surface area contributed by atoms with Gasteiger partial charge in [-0.05, 0) is 99.0 Å². The van der Waals surface area contributed by atoms with Gasteiger partial charge in [-0.15, -0.1) is 11.3 Å². The Morgan fingerprint density at radius 2 is 1.68 bits per heavy atom. The average Bonchev–Trinajstić information content (AvgIpc) is 3.38. The lowest BCUT2D eigenvalue weighted by Crippen LogP contribution is -2.38. The lowest BCUT2D eigenvalue weighted by Gasteiger charge is -2.27. The van der Waals surface area contributed by atoms with Gasteiger partial charge in [-0.3, -0.25) is 14.4 Å². The Morgan fingerprint density at radius 1 is 1.00 bits per heavy atom. The highest BCUT2D eigenvalue weighted by Crippen LogP contribution is 2.37. The van der Waals surface area contributed by atoms with Gasteiger partial charge >= 0.3 is 5.97 Å². The third-order valence-electron chi connectivity index (χ3n) is 7.68. The Labute approximate surface area is 241 Å². The molecule has 0 radical (unpaired) electrons. The SMILES string of the molecule is COC(=O)C1CCC(NC(=O)c2cc3c(=O)n(C)cc(-c4cc(C)cc(Oc5c(C)cc(F)cc5C)c4)c3s2)CC1. The van der Waals surface area contributed by atoms with E-state index >= 15 is 0 Å². The van der Waals surface area contributed by atoms with Crippen LogP contribution in [-0.2, 0) is 16.6 Å². The van der Waals surface area contributed by atoms with E-state index in [-0.39, 0.29) is 35.2 Å². The highest BCUT2D eigenvalue weighted by atomic mass is 32.1. The van der Waals surface area contributed by atoms with Gasteiger partial charge in [0.1, 0.15) is 17.3 Å². The normalized spacial score (nSPS) is 16.9. The molecule has 2 heterocycles. The van der Waals surface area contributed by atoms with Crippen LogP contribution in [0.3, 0.4) is 0 Å². The van der Waals surface area contributed by atoms with Gasteiger partial charge in [-0.2, -0.15) is 0 Å². The van der Waals surface area contributed by atoms with Gasteiger partial charge < -0.3 is 19.4 Å². The van der Waals surface area contributed by atoms with E-state index in [2.05, 4.69) is 5.32 Å². The van der Waals surface area contributed by atoms with Crippen LogP contribution >= 0.6 is 11.3 Å². The number of nitrogens with zero attached hydrogens (tertiary/aromatic N) is 1. The summed E-state index contributed by atoms with van der Waals surface area (Å²) >= 11 is 1.29. The number of benzene rings is 2. The number of esters is 1. The van der Waals surface area contributed by atoms with Crippen LogP contribution < -0.4 is 15.6 Å². The summed E-state index contributed by atoms with van der Waals surface area (Å²) in [5, 5.41) is 3.57. The molecule has 2 aromatic carbocycles. The van der Waals surface area contributed by atoms with Crippen molar-refractivity contribution in [3.05, 3.63) is 80.3 Å². The number of amides is 1. The maximum absolute atomic E-state index is 13.8. The number of rotatable bonds is 6. The predicted octanol–water partition coefficient (Wildman–Crippen LogP) is 6.59. The number of aryl methyl sites for hydroxylation is 4. The van der Waals surface area contributed by atoms with Crippen LogP contribution in [0.5, 0.6) is 11.5 Å². The average molecular weight is 577 g/mol. The molecule has 1 fully saturated rings. The number of pyridine rings is 1. The van der Waals surface area contributed by atoms with Crippen molar-refractivity contribution in [2.24, 2.45) is 13.0 Å². The molecule has 0 spiro atoms. The molecule has 2 aromatic heterocycles. The van der Waals surface area contributed by atoms with Crippen molar-refractivity contribution in [1.29, 1.82) is 0 Å². The Kier molecular flexibility index (Phi) is 8.00.